The Labute approximate surface area is 149 Å². The van der Waals surface area contributed by atoms with E-state index in [4.69, 9.17) is 0 Å². The zero-order chi connectivity index (χ0) is 17.9. The summed E-state index contributed by atoms with van der Waals surface area (Å²) in [4.78, 5) is 17.2. The molecule has 1 aromatic carbocycles. The molecule has 0 radical (unpaired) electrons. The van der Waals surface area contributed by atoms with E-state index in [2.05, 4.69) is 14.9 Å². The van der Waals surface area contributed by atoms with Crippen molar-refractivity contribution in [2.45, 2.75) is 24.3 Å². The first kappa shape index (κ1) is 18.3. The van der Waals surface area contributed by atoms with Gasteiger partial charge < -0.3 is 10.2 Å². The Morgan fingerprint density at radius 2 is 1.88 bits per heavy atom. The molecule has 2 N–H and O–H groups in total. The fraction of sp³-hybridized carbons (Fsp3) is 0.588. The smallest absolute Gasteiger partial charge is 0.253 e. The van der Waals surface area contributed by atoms with Crippen molar-refractivity contribution in [3.63, 3.8) is 0 Å². The number of likely N-dealkylation sites (tertiary alicyclic amines) is 1. The molecule has 1 amide bonds. The van der Waals surface area contributed by atoms with Crippen LogP contribution in [0.2, 0.25) is 0 Å². The van der Waals surface area contributed by atoms with Crippen LogP contribution in [-0.4, -0.2) is 76.0 Å². The van der Waals surface area contributed by atoms with Crippen molar-refractivity contribution in [3.05, 3.63) is 29.8 Å². The number of hydrogen-bond acceptors (Lipinski definition) is 5. The van der Waals surface area contributed by atoms with Gasteiger partial charge in [-0.05, 0) is 30.7 Å². The maximum atomic E-state index is 12.7. The third-order valence-electron chi connectivity index (χ3n) is 4.86. The highest BCUT2D eigenvalue weighted by Crippen LogP contribution is 2.19. The summed E-state index contributed by atoms with van der Waals surface area (Å²) in [5.74, 6) is -0.0231. The molecule has 0 saturated carbocycles. The SMILES string of the molecule is CCNS(=O)(=O)c1ccc(C(=O)N2CCC(N3CCNCC3)C2)cc1. The van der Waals surface area contributed by atoms with E-state index in [-0.39, 0.29) is 10.8 Å². The number of sulfonamides is 1. The van der Waals surface area contributed by atoms with Crippen molar-refractivity contribution in [2.75, 3.05) is 45.8 Å². The standard InChI is InChI=1S/C17H26N4O3S/c1-2-19-25(23,24)16-5-3-14(4-6-16)17(22)21-10-7-15(13-21)20-11-8-18-9-12-20/h3-6,15,18-19H,2,7-13H2,1H3. The lowest BCUT2D eigenvalue weighted by atomic mass is 10.2. The Morgan fingerprint density at radius 1 is 1.20 bits per heavy atom. The Balaban J connectivity index is 1.63. The van der Waals surface area contributed by atoms with Gasteiger partial charge in [-0.25, -0.2) is 13.1 Å². The van der Waals surface area contributed by atoms with Crippen LogP contribution in [0.25, 0.3) is 0 Å². The molecule has 0 bridgehead atoms. The molecular weight excluding hydrogens is 340 g/mol. The summed E-state index contributed by atoms with van der Waals surface area (Å²) in [5, 5.41) is 3.35. The van der Waals surface area contributed by atoms with E-state index >= 15 is 0 Å². The minimum absolute atomic E-state index is 0.0231. The van der Waals surface area contributed by atoms with Crippen LogP contribution in [-0.2, 0) is 10.0 Å². The molecular formula is C17H26N4O3S. The Morgan fingerprint density at radius 3 is 2.52 bits per heavy atom. The molecule has 2 aliphatic rings. The average molecular weight is 366 g/mol. The van der Waals surface area contributed by atoms with Gasteiger partial charge in [-0.1, -0.05) is 6.92 Å². The highest BCUT2D eigenvalue weighted by Gasteiger charge is 2.31. The van der Waals surface area contributed by atoms with Crippen LogP contribution in [0.1, 0.15) is 23.7 Å². The van der Waals surface area contributed by atoms with Crippen molar-refractivity contribution in [2.24, 2.45) is 0 Å². The molecule has 8 heteroatoms. The normalized spacial score (nSPS) is 22.3. The van der Waals surface area contributed by atoms with Crippen molar-refractivity contribution < 1.29 is 13.2 Å². The molecule has 0 aliphatic carbocycles. The van der Waals surface area contributed by atoms with Crippen molar-refractivity contribution in [1.29, 1.82) is 0 Å². The highest BCUT2D eigenvalue weighted by molar-refractivity contribution is 7.89. The molecule has 1 unspecified atom stereocenters. The first-order valence-corrected chi connectivity index (χ1v) is 10.3. The summed E-state index contributed by atoms with van der Waals surface area (Å²) in [7, 11) is -3.48. The van der Waals surface area contributed by atoms with Gasteiger partial charge in [0.1, 0.15) is 0 Å². The zero-order valence-electron chi connectivity index (χ0n) is 14.6. The fourth-order valence-corrected chi connectivity index (χ4v) is 4.55. The Hall–Kier alpha value is -1.48. The van der Waals surface area contributed by atoms with Gasteiger partial charge in [0, 0.05) is 57.4 Å². The molecule has 2 heterocycles. The quantitative estimate of drug-likeness (QED) is 0.773. The summed E-state index contributed by atoms with van der Waals surface area (Å²) in [5.41, 5.74) is 0.538. The molecule has 138 valence electrons. The molecule has 3 rings (SSSR count). The zero-order valence-corrected chi connectivity index (χ0v) is 15.4. The van der Waals surface area contributed by atoms with Gasteiger partial charge in [0.15, 0.2) is 0 Å². The number of nitrogens with zero attached hydrogens (tertiary/aromatic N) is 2. The molecule has 2 aliphatic heterocycles. The van der Waals surface area contributed by atoms with Gasteiger partial charge in [0.25, 0.3) is 5.91 Å². The van der Waals surface area contributed by atoms with E-state index in [1.54, 1.807) is 19.1 Å². The lowest BCUT2D eigenvalue weighted by Crippen LogP contribution is -2.49. The van der Waals surface area contributed by atoms with Crippen LogP contribution < -0.4 is 10.0 Å². The number of nitrogens with one attached hydrogen (secondary N) is 2. The maximum Gasteiger partial charge on any atom is 0.253 e. The van der Waals surface area contributed by atoms with Gasteiger partial charge >= 0.3 is 0 Å². The predicted molar refractivity (Wildman–Crippen MR) is 96.1 cm³/mol. The Bertz CT molecular complexity index is 699. The van der Waals surface area contributed by atoms with Gasteiger partial charge in [-0.2, -0.15) is 0 Å². The largest absolute Gasteiger partial charge is 0.337 e. The lowest BCUT2D eigenvalue weighted by molar-refractivity contribution is 0.0773. The third kappa shape index (κ3) is 4.20. The van der Waals surface area contributed by atoms with E-state index in [9.17, 15) is 13.2 Å². The van der Waals surface area contributed by atoms with Crippen LogP contribution in [0.3, 0.4) is 0 Å². The highest BCUT2D eigenvalue weighted by atomic mass is 32.2. The molecule has 0 spiro atoms. The molecule has 25 heavy (non-hydrogen) atoms. The number of amides is 1. The first-order valence-electron chi connectivity index (χ1n) is 8.85. The molecule has 1 atom stereocenters. The number of benzene rings is 1. The van der Waals surface area contributed by atoms with E-state index in [1.165, 1.54) is 12.1 Å². The van der Waals surface area contributed by atoms with Crippen LogP contribution in [0.15, 0.2) is 29.2 Å². The minimum atomic E-state index is -3.48. The van der Waals surface area contributed by atoms with E-state index < -0.39 is 10.0 Å². The van der Waals surface area contributed by atoms with Crippen LogP contribution in [0.4, 0.5) is 0 Å². The molecule has 2 saturated heterocycles. The number of piperazine rings is 1. The third-order valence-corrected chi connectivity index (χ3v) is 6.43. The number of hydrogen-bond donors (Lipinski definition) is 2. The van der Waals surface area contributed by atoms with Gasteiger partial charge in [-0.15, -0.1) is 0 Å². The average Bonchev–Trinajstić information content (AvgIpc) is 3.12. The second-order valence-electron chi connectivity index (χ2n) is 6.51. The number of carbonyl (C=O) groups excluding carboxylic acids is 1. The second kappa shape index (κ2) is 7.82. The van der Waals surface area contributed by atoms with Crippen molar-refractivity contribution in [3.8, 4) is 0 Å². The monoisotopic (exact) mass is 366 g/mol. The molecule has 1 aromatic rings. The van der Waals surface area contributed by atoms with Crippen LogP contribution in [0, 0.1) is 0 Å². The summed E-state index contributed by atoms with van der Waals surface area (Å²) < 4.78 is 26.4. The summed E-state index contributed by atoms with van der Waals surface area (Å²) in [6, 6.07) is 6.62. The number of rotatable bonds is 5. The Kier molecular flexibility index (Phi) is 5.73. The van der Waals surface area contributed by atoms with Crippen LogP contribution in [0.5, 0.6) is 0 Å². The number of carbonyl (C=O) groups is 1. The van der Waals surface area contributed by atoms with Crippen molar-refractivity contribution in [1.82, 2.24) is 19.8 Å². The minimum Gasteiger partial charge on any atom is -0.337 e. The predicted octanol–water partition coefficient (Wildman–Crippen LogP) is 0.105. The summed E-state index contributed by atoms with van der Waals surface area (Å²) in [6.07, 6.45) is 0.999. The second-order valence-corrected chi connectivity index (χ2v) is 8.27. The fourth-order valence-electron chi connectivity index (χ4n) is 3.50. The molecule has 7 nitrogen and oxygen atoms in total. The van der Waals surface area contributed by atoms with E-state index in [0.717, 1.165) is 45.7 Å². The van der Waals surface area contributed by atoms with Crippen molar-refractivity contribution >= 4 is 15.9 Å². The van der Waals surface area contributed by atoms with Crippen LogP contribution >= 0.6 is 0 Å². The first-order chi connectivity index (χ1) is 12.0. The van der Waals surface area contributed by atoms with Gasteiger partial charge in [-0.3, -0.25) is 9.69 Å². The van der Waals surface area contributed by atoms with E-state index in [1.807, 2.05) is 4.90 Å². The van der Waals surface area contributed by atoms with Gasteiger partial charge in [0.05, 0.1) is 4.90 Å². The van der Waals surface area contributed by atoms with E-state index in [0.29, 0.717) is 18.2 Å². The molecule has 2 fully saturated rings. The topological polar surface area (TPSA) is 81.8 Å². The summed E-state index contributed by atoms with van der Waals surface area (Å²) in [6.45, 7) is 7.65. The maximum absolute atomic E-state index is 12.7. The molecule has 0 aromatic heterocycles. The lowest BCUT2D eigenvalue weighted by Gasteiger charge is -2.32. The summed E-state index contributed by atoms with van der Waals surface area (Å²) >= 11 is 0. The van der Waals surface area contributed by atoms with Gasteiger partial charge in [0.2, 0.25) is 10.0 Å².